The van der Waals surface area contributed by atoms with Gasteiger partial charge >= 0.3 is 6.18 Å². The van der Waals surface area contributed by atoms with Gasteiger partial charge in [-0.1, -0.05) is 11.8 Å². The summed E-state index contributed by atoms with van der Waals surface area (Å²) in [5, 5.41) is 6.89. The van der Waals surface area contributed by atoms with Gasteiger partial charge in [-0.25, -0.2) is 4.98 Å². The summed E-state index contributed by atoms with van der Waals surface area (Å²) in [6.45, 7) is 0. The topological polar surface area (TPSA) is 48.5 Å². The van der Waals surface area contributed by atoms with Crippen LogP contribution in [0, 0.1) is 0 Å². The van der Waals surface area contributed by atoms with Crippen LogP contribution in [0.4, 0.5) is 13.2 Å². The van der Waals surface area contributed by atoms with Crippen molar-refractivity contribution in [3.05, 3.63) is 24.0 Å². The summed E-state index contributed by atoms with van der Waals surface area (Å²) in [7, 11) is 3.12. The van der Waals surface area contributed by atoms with Gasteiger partial charge in [0.05, 0.1) is 5.75 Å². The minimum atomic E-state index is -4.48. The fourth-order valence-electron chi connectivity index (χ4n) is 1.35. The van der Waals surface area contributed by atoms with Crippen LogP contribution in [-0.2, 0) is 26.0 Å². The molecule has 2 aromatic heterocycles. The number of aryl methyl sites for hydroxylation is 1. The number of hydrogen-bond donors (Lipinski definition) is 0. The number of nitrogens with zero attached hydrogens (tertiary/aromatic N) is 5. The average Bonchev–Trinajstić information content (AvgIpc) is 2.81. The first kappa shape index (κ1) is 12.9. The van der Waals surface area contributed by atoms with E-state index in [1.54, 1.807) is 17.0 Å². The number of halogens is 3. The number of alkyl halides is 3. The van der Waals surface area contributed by atoms with Crippen molar-refractivity contribution in [2.75, 3.05) is 0 Å². The molecule has 5 nitrogen and oxygen atoms in total. The maximum Gasteiger partial charge on any atom is 0.451 e. The number of thioether (sulfide) groups is 1. The highest BCUT2D eigenvalue weighted by molar-refractivity contribution is 7.98. The maximum absolute atomic E-state index is 12.5. The van der Waals surface area contributed by atoms with Crippen molar-refractivity contribution in [2.45, 2.75) is 17.1 Å². The lowest BCUT2D eigenvalue weighted by molar-refractivity contribution is -0.147. The fraction of sp³-hybridized carbons (Fsp3) is 0.444. The second-order valence-corrected chi connectivity index (χ2v) is 4.55. The van der Waals surface area contributed by atoms with Gasteiger partial charge in [-0.3, -0.25) is 0 Å². The largest absolute Gasteiger partial charge is 0.451 e. The molecule has 0 spiro atoms. The van der Waals surface area contributed by atoms with Gasteiger partial charge in [0.25, 0.3) is 0 Å². The molecule has 9 heteroatoms. The van der Waals surface area contributed by atoms with Crippen LogP contribution in [0.3, 0.4) is 0 Å². The zero-order chi connectivity index (χ0) is 13.3. The molecule has 0 fully saturated rings. The maximum atomic E-state index is 12.5. The van der Waals surface area contributed by atoms with E-state index in [2.05, 4.69) is 15.2 Å². The van der Waals surface area contributed by atoms with E-state index in [0.29, 0.717) is 5.75 Å². The molecule has 2 rings (SSSR count). The standard InChI is InChI=1S/C9H10F3N5S/c1-16-4-3-13-6(16)5-18-8-15-14-7(17(8)2)9(10,11)12/h3-4H,5H2,1-2H3. The van der Waals surface area contributed by atoms with Crippen molar-refractivity contribution in [3.8, 4) is 0 Å². The number of rotatable bonds is 3. The predicted octanol–water partition coefficient (Wildman–Crippen LogP) is 1.86. The normalized spacial score (nSPS) is 12.1. The van der Waals surface area contributed by atoms with E-state index in [9.17, 15) is 13.2 Å². The zero-order valence-corrected chi connectivity index (χ0v) is 10.5. The Bertz CT molecular complexity index is 545. The van der Waals surface area contributed by atoms with Crippen LogP contribution in [0.25, 0.3) is 0 Å². The van der Waals surface area contributed by atoms with E-state index in [1.165, 1.54) is 7.05 Å². The molecule has 2 heterocycles. The smallest absolute Gasteiger partial charge is 0.337 e. The lowest BCUT2D eigenvalue weighted by Gasteiger charge is -2.06. The number of hydrogen-bond acceptors (Lipinski definition) is 4. The van der Waals surface area contributed by atoms with Crippen molar-refractivity contribution < 1.29 is 13.2 Å². The molecule has 2 aromatic rings. The molecule has 0 aliphatic carbocycles. The third-order valence-corrected chi connectivity index (χ3v) is 3.36. The zero-order valence-electron chi connectivity index (χ0n) is 9.64. The molecule has 0 atom stereocenters. The molecule has 0 saturated carbocycles. The van der Waals surface area contributed by atoms with Gasteiger partial charge in [0.2, 0.25) is 5.82 Å². The van der Waals surface area contributed by atoms with Crippen LogP contribution >= 0.6 is 11.8 Å². The summed E-state index contributed by atoms with van der Waals surface area (Å²) in [4.78, 5) is 4.08. The lowest BCUT2D eigenvalue weighted by atomic mass is 10.6. The molecule has 0 aliphatic rings. The van der Waals surface area contributed by atoms with Crippen LogP contribution in [0.15, 0.2) is 17.6 Å². The summed E-state index contributed by atoms with van der Waals surface area (Å²) in [6.07, 6.45) is -1.08. The highest BCUT2D eigenvalue weighted by Gasteiger charge is 2.37. The van der Waals surface area contributed by atoms with Crippen molar-refractivity contribution in [1.29, 1.82) is 0 Å². The average molecular weight is 277 g/mol. The van der Waals surface area contributed by atoms with E-state index in [4.69, 9.17) is 0 Å². The molecule has 0 unspecified atom stereocenters. The van der Waals surface area contributed by atoms with E-state index in [0.717, 1.165) is 22.2 Å². The van der Waals surface area contributed by atoms with Gasteiger partial charge in [-0.15, -0.1) is 10.2 Å². The van der Waals surface area contributed by atoms with Crippen molar-refractivity contribution >= 4 is 11.8 Å². The fourth-order valence-corrected chi connectivity index (χ4v) is 2.27. The Morgan fingerprint density at radius 3 is 2.50 bits per heavy atom. The highest BCUT2D eigenvalue weighted by Crippen LogP contribution is 2.30. The summed E-state index contributed by atoms with van der Waals surface area (Å²) in [5.74, 6) is 0.203. The first-order valence-corrected chi connectivity index (χ1v) is 5.93. The molecule has 0 amide bonds. The Labute approximate surface area is 105 Å². The summed E-state index contributed by atoms with van der Waals surface area (Å²) >= 11 is 1.16. The Balaban J connectivity index is 2.12. The van der Waals surface area contributed by atoms with Crippen LogP contribution in [0.1, 0.15) is 11.6 Å². The third kappa shape index (κ3) is 2.50. The second kappa shape index (κ2) is 4.63. The predicted molar refractivity (Wildman–Crippen MR) is 58.8 cm³/mol. The number of imidazole rings is 1. The van der Waals surface area contributed by atoms with Gasteiger partial charge in [0.15, 0.2) is 5.16 Å². The minimum absolute atomic E-state index is 0.213. The van der Waals surface area contributed by atoms with Gasteiger partial charge in [0, 0.05) is 26.5 Å². The SMILES string of the molecule is Cn1ccnc1CSc1nnc(C(F)(F)F)n1C. The van der Waals surface area contributed by atoms with Crippen LogP contribution < -0.4 is 0 Å². The molecule has 0 bridgehead atoms. The third-order valence-electron chi connectivity index (χ3n) is 2.34. The molecule has 18 heavy (non-hydrogen) atoms. The second-order valence-electron chi connectivity index (χ2n) is 3.61. The van der Waals surface area contributed by atoms with Gasteiger partial charge in [-0.2, -0.15) is 13.2 Å². The summed E-state index contributed by atoms with van der Waals surface area (Å²) in [6, 6.07) is 0. The molecule has 0 N–H and O–H groups in total. The Kier molecular flexibility index (Phi) is 3.33. The molecular weight excluding hydrogens is 267 g/mol. The van der Waals surface area contributed by atoms with Crippen molar-refractivity contribution in [3.63, 3.8) is 0 Å². The minimum Gasteiger partial charge on any atom is -0.337 e. The summed E-state index contributed by atoms with van der Waals surface area (Å²) < 4.78 is 40.2. The van der Waals surface area contributed by atoms with Gasteiger partial charge in [-0.05, 0) is 0 Å². The first-order chi connectivity index (χ1) is 8.39. The quantitative estimate of drug-likeness (QED) is 0.803. The van der Waals surface area contributed by atoms with E-state index < -0.39 is 12.0 Å². The number of aromatic nitrogens is 5. The van der Waals surface area contributed by atoms with E-state index >= 15 is 0 Å². The molecule has 0 radical (unpaired) electrons. The Hall–Kier alpha value is -1.51. The molecule has 0 aliphatic heterocycles. The molecule has 0 saturated heterocycles. The Morgan fingerprint density at radius 2 is 2.00 bits per heavy atom. The Morgan fingerprint density at radius 1 is 1.28 bits per heavy atom. The van der Waals surface area contributed by atoms with Crippen LogP contribution in [0.5, 0.6) is 0 Å². The van der Waals surface area contributed by atoms with Crippen LogP contribution in [-0.4, -0.2) is 24.3 Å². The lowest BCUT2D eigenvalue weighted by Crippen LogP contribution is -2.13. The van der Waals surface area contributed by atoms with Gasteiger partial charge < -0.3 is 9.13 Å². The first-order valence-electron chi connectivity index (χ1n) is 4.95. The van der Waals surface area contributed by atoms with E-state index in [1.807, 2.05) is 7.05 Å². The molecular formula is C9H10F3N5S. The van der Waals surface area contributed by atoms with Crippen LogP contribution in [0.2, 0.25) is 0 Å². The highest BCUT2D eigenvalue weighted by atomic mass is 32.2. The molecule has 0 aromatic carbocycles. The van der Waals surface area contributed by atoms with Crippen molar-refractivity contribution in [2.24, 2.45) is 14.1 Å². The van der Waals surface area contributed by atoms with E-state index in [-0.39, 0.29) is 5.16 Å². The van der Waals surface area contributed by atoms with Crippen molar-refractivity contribution in [1.82, 2.24) is 24.3 Å². The summed E-state index contributed by atoms with van der Waals surface area (Å²) in [5.41, 5.74) is 0. The monoisotopic (exact) mass is 277 g/mol. The van der Waals surface area contributed by atoms with Gasteiger partial charge in [0.1, 0.15) is 5.82 Å². The molecule has 98 valence electrons.